The monoisotopic (exact) mass is 236 g/mol. The lowest BCUT2D eigenvalue weighted by Gasteiger charge is -2.21. The van der Waals surface area contributed by atoms with Crippen molar-refractivity contribution < 1.29 is 14.3 Å². The molecule has 2 saturated carbocycles. The molecule has 3 heteroatoms. The largest absolute Gasteiger partial charge is 0.438 e. The number of rotatable bonds is 4. The Morgan fingerprint density at radius 3 is 2.71 bits per heavy atom. The predicted molar refractivity (Wildman–Crippen MR) is 63.2 cm³/mol. The summed E-state index contributed by atoms with van der Waals surface area (Å²) in [6, 6.07) is 0. The van der Waals surface area contributed by atoms with E-state index in [9.17, 15) is 4.79 Å². The van der Waals surface area contributed by atoms with Crippen molar-refractivity contribution in [3.8, 4) is 0 Å². The third-order valence-corrected chi connectivity index (χ3v) is 4.48. The van der Waals surface area contributed by atoms with Gasteiger partial charge in [-0.15, -0.1) is 0 Å². The van der Waals surface area contributed by atoms with E-state index in [0.29, 0.717) is 12.0 Å². The van der Waals surface area contributed by atoms with Crippen LogP contribution in [0.2, 0.25) is 0 Å². The summed E-state index contributed by atoms with van der Waals surface area (Å²) in [5.74, 6) is 0.532. The van der Waals surface area contributed by atoms with Gasteiger partial charge in [-0.05, 0) is 38.0 Å². The molecular weight excluding hydrogens is 216 g/mol. The van der Waals surface area contributed by atoms with Gasteiger partial charge in [0.05, 0.1) is 11.5 Å². The zero-order chi connectivity index (χ0) is 11.7. The quantitative estimate of drug-likeness (QED) is 0.428. The Labute approximate surface area is 102 Å². The van der Waals surface area contributed by atoms with E-state index in [4.69, 9.17) is 9.47 Å². The van der Waals surface area contributed by atoms with Crippen molar-refractivity contribution in [3.05, 3.63) is 12.2 Å². The highest BCUT2D eigenvalue weighted by molar-refractivity contribution is 5.80. The molecule has 3 rings (SSSR count). The van der Waals surface area contributed by atoms with Gasteiger partial charge >= 0.3 is 5.97 Å². The molecule has 3 nitrogen and oxygen atoms in total. The van der Waals surface area contributed by atoms with Gasteiger partial charge < -0.3 is 9.47 Å². The number of ether oxygens (including phenoxy) is 2. The van der Waals surface area contributed by atoms with Crippen molar-refractivity contribution in [1.29, 1.82) is 0 Å². The standard InChI is InChI=1S/C14H20O3/c15-13(14-7-5-11(9-14)6-8-14)17-10-16-12-3-1-2-4-12/h5,7,11-12H,1-4,6,8-10H2. The molecule has 0 heterocycles. The number of carbonyl (C=O) groups is 1. The zero-order valence-corrected chi connectivity index (χ0v) is 10.2. The first-order chi connectivity index (χ1) is 8.28. The van der Waals surface area contributed by atoms with Crippen molar-refractivity contribution in [3.63, 3.8) is 0 Å². The first-order valence-electron chi connectivity index (χ1n) is 6.77. The second-order valence-corrected chi connectivity index (χ2v) is 5.64. The molecule has 2 atom stereocenters. The molecule has 3 aliphatic carbocycles. The fourth-order valence-corrected chi connectivity index (χ4v) is 3.39. The Kier molecular flexibility index (Phi) is 2.95. The van der Waals surface area contributed by atoms with Crippen LogP contribution in [0.4, 0.5) is 0 Å². The van der Waals surface area contributed by atoms with E-state index in [1.807, 2.05) is 0 Å². The van der Waals surface area contributed by atoms with Crippen LogP contribution in [0, 0.1) is 11.3 Å². The van der Waals surface area contributed by atoms with Gasteiger partial charge in [-0.25, -0.2) is 0 Å². The molecule has 3 aliphatic rings. The third kappa shape index (κ3) is 2.13. The number of esters is 1. The summed E-state index contributed by atoms with van der Waals surface area (Å²) in [5, 5.41) is 0. The maximum Gasteiger partial charge on any atom is 0.318 e. The molecule has 17 heavy (non-hydrogen) atoms. The number of carbonyl (C=O) groups excluding carboxylic acids is 1. The summed E-state index contributed by atoms with van der Waals surface area (Å²) in [6.07, 6.45) is 12.3. The van der Waals surface area contributed by atoms with Crippen molar-refractivity contribution >= 4 is 5.97 Å². The summed E-state index contributed by atoms with van der Waals surface area (Å²) < 4.78 is 10.9. The van der Waals surface area contributed by atoms with E-state index in [2.05, 4.69) is 12.2 Å². The minimum atomic E-state index is -0.302. The summed E-state index contributed by atoms with van der Waals surface area (Å²) in [4.78, 5) is 12.0. The highest BCUT2D eigenvalue weighted by Crippen LogP contribution is 2.49. The normalized spacial score (nSPS) is 35.6. The van der Waals surface area contributed by atoms with E-state index in [-0.39, 0.29) is 18.2 Å². The molecule has 0 aromatic rings. The van der Waals surface area contributed by atoms with Crippen molar-refractivity contribution in [2.75, 3.05) is 6.79 Å². The van der Waals surface area contributed by atoms with E-state index >= 15 is 0 Å². The van der Waals surface area contributed by atoms with E-state index in [1.165, 1.54) is 12.8 Å². The minimum Gasteiger partial charge on any atom is -0.438 e. The number of allylic oxidation sites excluding steroid dienone is 1. The molecule has 2 unspecified atom stereocenters. The van der Waals surface area contributed by atoms with Gasteiger partial charge in [0.2, 0.25) is 0 Å². The Balaban J connectivity index is 1.45. The molecule has 0 saturated heterocycles. The van der Waals surface area contributed by atoms with Crippen LogP contribution >= 0.6 is 0 Å². The first kappa shape index (κ1) is 11.3. The maximum absolute atomic E-state index is 12.0. The molecule has 0 aromatic heterocycles. The molecule has 0 spiro atoms. The fourth-order valence-electron chi connectivity index (χ4n) is 3.39. The van der Waals surface area contributed by atoms with Crippen LogP contribution in [-0.4, -0.2) is 18.9 Å². The van der Waals surface area contributed by atoms with E-state index < -0.39 is 0 Å². The van der Waals surface area contributed by atoms with Gasteiger partial charge in [0, 0.05) is 0 Å². The lowest BCUT2D eigenvalue weighted by molar-refractivity contribution is -0.169. The molecule has 0 aromatic carbocycles. The Morgan fingerprint density at radius 2 is 2.12 bits per heavy atom. The van der Waals surface area contributed by atoms with Crippen molar-refractivity contribution in [2.45, 2.75) is 51.0 Å². The SMILES string of the molecule is O=C(OCOC1CCCC1)C12C=CC(CC1)C2. The molecule has 0 aliphatic heterocycles. The average molecular weight is 236 g/mol. The molecule has 0 radical (unpaired) electrons. The summed E-state index contributed by atoms with van der Waals surface area (Å²) >= 11 is 0. The molecule has 0 N–H and O–H groups in total. The molecule has 2 fully saturated rings. The number of hydrogen-bond acceptors (Lipinski definition) is 3. The highest BCUT2D eigenvalue weighted by atomic mass is 16.7. The zero-order valence-electron chi connectivity index (χ0n) is 10.2. The average Bonchev–Trinajstić information content (AvgIpc) is 3.06. The molecule has 94 valence electrons. The lowest BCUT2D eigenvalue weighted by atomic mass is 9.88. The van der Waals surface area contributed by atoms with Gasteiger partial charge in [0.15, 0.2) is 6.79 Å². The van der Waals surface area contributed by atoms with Crippen molar-refractivity contribution in [1.82, 2.24) is 0 Å². The second kappa shape index (κ2) is 4.45. The van der Waals surface area contributed by atoms with Crippen LogP contribution < -0.4 is 0 Å². The molecule has 2 bridgehead atoms. The van der Waals surface area contributed by atoms with Crippen LogP contribution in [-0.2, 0) is 14.3 Å². The van der Waals surface area contributed by atoms with Gasteiger partial charge in [0.25, 0.3) is 0 Å². The fraction of sp³-hybridized carbons (Fsp3) is 0.786. The van der Waals surface area contributed by atoms with Gasteiger partial charge in [-0.2, -0.15) is 0 Å². The molecular formula is C14H20O3. The third-order valence-electron chi connectivity index (χ3n) is 4.48. The van der Waals surface area contributed by atoms with Gasteiger partial charge in [-0.3, -0.25) is 4.79 Å². The van der Waals surface area contributed by atoms with Gasteiger partial charge in [0.1, 0.15) is 0 Å². The van der Waals surface area contributed by atoms with Crippen LogP contribution in [0.25, 0.3) is 0 Å². The lowest BCUT2D eigenvalue weighted by Crippen LogP contribution is -2.28. The van der Waals surface area contributed by atoms with Gasteiger partial charge in [-0.1, -0.05) is 25.0 Å². The Hall–Kier alpha value is -0.830. The predicted octanol–water partition coefficient (Wildman–Crippen LogP) is 2.80. The topological polar surface area (TPSA) is 35.5 Å². The first-order valence-corrected chi connectivity index (χ1v) is 6.77. The van der Waals surface area contributed by atoms with Crippen LogP contribution in [0.5, 0.6) is 0 Å². The number of fused-ring (bicyclic) bond motifs is 2. The highest BCUT2D eigenvalue weighted by Gasteiger charge is 2.47. The summed E-state index contributed by atoms with van der Waals surface area (Å²) in [6.45, 7) is 0.143. The smallest absolute Gasteiger partial charge is 0.318 e. The van der Waals surface area contributed by atoms with Crippen LogP contribution in [0.1, 0.15) is 44.9 Å². The van der Waals surface area contributed by atoms with E-state index in [1.54, 1.807) is 0 Å². The van der Waals surface area contributed by atoms with E-state index in [0.717, 1.165) is 32.1 Å². The van der Waals surface area contributed by atoms with Crippen LogP contribution in [0.3, 0.4) is 0 Å². The Morgan fingerprint density at radius 1 is 1.29 bits per heavy atom. The molecule has 0 amide bonds. The van der Waals surface area contributed by atoms with Crippen LogP contribution in [0.15, 0.2) is 12.2 Å². The minimum absolute atomic E-state index is 0.0771. The maximum atomic E-state index is 12.0. The Bertz CT molecular complexity index is 330. The second-order valence-electron chi connectivity index (χ2n) is 5.64. The number of hydrogen-bond donors (Lipinski definition) is 0. The summed E-state index contributed by atoms with van der Waals surface area (Å²) in [7, 11) is 0. The summed E-state index contributed by atoms with van der Waals surface area (Å²) in [5.41, 5.74) is -0.302. The van der Waals surface area contributed by atoms with Crippen molar-refractivity contribution in [2.24, 2.45) is 11.3 Å².